The molecule has 0 radical (unpaired) electrons. The second-order valence-corrected chi connectivity index (χ2v) is 3.89. The number of aldehydes is 1. The third-order valence-electron chi connectivity index (χ3n) is 2.60. The summed E-state index contributed by atoms with van der Waals surface area (Å²) in [5.74, 6) is 6.04. The largest absolute Gasteiger partial charge is 0.301 e. The Labute approximate surface area is 80.3 Å². The number of carbonyl (C=O) groups is 1. The van der Waals surface area contributed by atoms with Crippen molar-refractivity contribution in [2.75, 3.05) is 13.1 Å². The molecule has 0 aromatic heterocycles. The van der Waals surface area contributed by atoms with Gasteiger partial charge in [-0.25, -0.2) is 0 Å². The molecule has 0 aliphatic carbocycles. The van der Waals surface area contributed by atoms with E-state index in [4.69, 9.17) is 0 Å². The summed E-state index contributed by atoms with van der Waals surface area (Å²) in [5, 5.41) is 0. The smallest absolute Gasteiger partial charge is 0.192 e. The first-order valence-corrected chi connectivity index (χ1v) is 4.90. The number of nitrogens with zero attached hydrogens (tertiary/aromatic N) is 1. The SMILES string of the molecule is CC(C)N1CCC(CC#CC=O)C1. The maximum Gasteiger partial charge on any atom is 0.192 e. The summed E-state index contributed by atoms with van der Waals surface area (Å²) in [4.78, 5) is 12.4. The van der Waals surface area contributed by atoms with Gasteiger partial charge in [0.2, 0.25) is 0 Å². The van der Waals surface area contributed by atoms with Gasteiger partial charge < -0.3 is 4.90 Å². The van der Waals surface area contributed by atoms with Gasteiger partial charge in [0.1, 0.15) is 0 Å². The standard InChI is InChI=1S/C11H17NO/c1-10(2)12-7-6-11(9-12)5-3-4-8-13/h8,10-11H,5-7,9H2,1-2H3. The first-order chi connectivity index (χ1) is 6.24. The van der Waals surface area contributed by atoms with Gasteiger partial charge in [0.05, 0.1) is 0 Å². The van der Waals surface area contributed by atoms with Gasteiger partial charge >= 0.3 is 0 Å². The van der Waals surface area contributed by atoms with Crippen molar-refractivity contribution in [3.05, 3.63) is 0 Å². The van der Waals surface area contributed by atoms with Gasteiger partial charge in [0.25, 0.3) is 0 Å². The van der Waals surface area contributed by atoms with Crippen LogP contribution in [0.2, 0.25) is 0 Å². The number of hydrogen-bond donors (Lipinski definition) is 0. The molecule has 72 valence electrons. The molecule has 0 bridgehead atoms. The Morgan fingerprint density at radius 2 is 2.38 bits per heavy atom. The first-order valence-electron chi connectivity index (χ1n) is 4.90. The highest BCUT2D eigenvalue weighted by molar-refractivity contribution is 5.72. The summed E-state index contributed by atoms with van der Waals surface area (Å²) >= 11 is 0. The summed E-state index contributed by atoms with van der Waals surface area (Å²) in [6.45, 7) is 6.77. The summed E-state index contributed by atoms with van der Waals surface area (Å²) in [6.07, 6.45) is 2.78. The van der Waals surface area contributed by atoms with Crippen LogP contribution in [0.25, 0.3) is 0 Å². The van der Waals surface area contributed by atoms with Gasteiger partial charge in [-0.05, 0) is 38.7 Å². The van der Waals surface area contributed by atoms with E-state index in [9.17, 15) is 4.79 Å². The molecule has 1 atom stereocenters. The fourth-order valence-corrected chi connectivity index (χ4v) is 1.74. The highest BCUT2D eigenvalue weighted by atomic mass is 16.1. The molecule has 0 N–H and O–H groups in total. The van der Waals surface area contributed by atoms with E-state index in [1.54, 1.807) is 0 Å². The minimum absolute atomic E-state index is 0.643. The van der Waals surface area contributed by atoms with Gasteiger partial charge in [-0.1, -0.05) is 5.92 Å². The number of rotatable bonds is 2. The first kappa shape index (κ1) is 10.3. The van der Waals surface area contributed by atoms with Crippen LogP contribution < -0.4 is 0 Å². The molecule has 2 heteroatoms. The molecule has 1 aliphatic heterocycles. The van der Waals surface area contributed by atoms with Gasteiger partial charge in [-0.3, -0.25) is 4.79 Å². The Morgan fingerprint density at radius 3 is 2.92 bits per heavy atom. The lowest BCUT2D eigenvalue weighted by Crippen LogP contribution is -2.28. The predicted octanol–water partition coefficient (Wildman–Crippen LogP) is 1.31. The Balaban J connectivity index is 2.29. The zero-order chi connectivity index (χ0) is 9.68. The molecule has 1 saturated heterocycles. The molecule has 0 amide bonds. The lowest BCUT2D eigenvalue weighted by atomic mass is 10.1. The van der Waals surface area contributed by atoms with E-state index in [1.807, 2.05) is 0 Å². The fraction of sp³-hybridized carbons (Fsp3) is 0.727. The Bertz CT molecular complexity index is 224. The van der Waals surface area contributed by atoms with Gasteiger partial charge in [0, 0.05) is 19.0 Å². The van der Waals surface area contributed by atoms with Crippen molar-refractivity contribution >= 4 is 6.29 Å². The van der Waals surface area contributed by atoms with Crippen LogP contribution in [0.3, 0.4) is 0 Å². The van der Waals surface area contributed by atoms with E-state index >= 15 is 0 Å². The molecule has 0 aromatic carbocycles. The number of hydrogen-bond acceptors (Lipinski definition) is 2. The molecule has 1 heterocycles. The zero-order valence-electron chi connectivity index (χ0n) is 8.42. The quantitative estimate of drug-likeness (QED) is 0.470. The Morgan fingerprint density at radius 1 is 1.62 bits per heavy atom. The van der Waals surface area contributed by atoms with Crippen molar-refractivity contribution in [3.63, 3.8) is 0 Å². The van der Waals surface area contributed by atoms with Crippen molar-refractivity contribution in [3.8, 4) is 11.8 Å². The van der Waals surface area contributed by atoms with Crippen molar-refractivity contribution in [1.29, 1.82) is 0 Å². The normalized spacial score (nSPS) is 22.8. The molecule has 0 aromatic rings. The highest BCUT2D eigenvalue weighted by Crippen LogP contribution is 2.20. The van der Waals surface area contributed by atoms with Crippen LogP contribution in [0.5, 0.6) is 0 Å². The van der Waals surface area contributed by atoms with Crippen LogP contribution in [0, 0.1) is 17.8 Å². The van der Waals surface area contributed by atoms with E-state index in [2.05, 4.69) is 30.6 Å². The zero-order valence-corrected chi connectivity index (χ0v) is 8.42. The minimum Gasteiger partial charge on any atom is -0.301 e. The Hall–Kier alpha value is -0.810. The van der Waals surface area contributed by atoms with E-state index < -0.39 is 0 Å². The molecule has 1 unspecified atom stereocenters. The molecule has 0 saturated carbocycles. The van der Waals surface area contributed by atoms with Crippen molar-refractivity contribution in [2.45, 2.75) is 32.7 Å². The van der Waals surface area contributed by atoms with Gasteiger partial charge in [-0.15, -0.1) is 0 Å². The van der Waals surface area contributed by atoms with Crippen molar-refractivity contribution in [1.82, 2.24) is 4.90 Å². The summed E-state index contributed by atoms with van der Waals surface area (Å²) in [6, 6.07) is 0.643. The summed E-state index contributed by atoms with van der Waals surface area (Å²) in [7, 11) is 0. The predicted molar refractivity (Wildman–Crippen MR) is 53.3 cm³/mol. The molecular formula is C11H17NO. The van der Waals surface area contributed by atoms with Crippen LogP contribution >= 0.6 is 0 Å². The molecule has 13 heavy (non-hydrogen) atoms. The van der Waals surface area contributed by atoms with E-state index in [1.165, 1.54) is 13.0 Å². The summed E-state index contributed by atoms with van der Waals surface area (Å²) in [5.41, 5.74) is 0. The molecular weight excluding hydrogens is 162 g/mol. The minimum atomic E-state index is 0.643. The van der Waals surface area contributed by atoms with Crippen LogP contribution in [0.1, 0.15) is 26.7 Å². The maximum atomic E-state index is 9.97. The molecule has 1 rings (SSSR count). The van der Waals surface area contributed by atoms with E-state index in [-0.39, 0.29) is 0 Å². The highest BCUT2D eigenvalue weighted by Gasteiger charge is 2.22. The third-order valence-corrected chi connectivity index (χ3v) is 2.60. The molecule has 1 aliphatic rings. The van der Waals surface area contributed by atoms with Gasteiger partial charge in [0.15, 0.2) is 6.29 Å². The topological polar surface area (TPSA) is 20.3 Å². The van der Waals surface area contributed by atoms with E-state index in [0.29, 0.717) is 18.2 Å². The Kier molecular flexibility index (Phi) is 3.98. The van der Waals surface area contributed by atoms with Crippen LogP contribution in [0.15, 0.2) is 0 Å². The lowest BCUT2D eigenvalue weighted by molar-refractivity contribution is -0.103. The molecule has 0 spiro atoms. The van der Waals surface area contributed by atoms with E-state index in [0.717, 1.165) is 13.0 Å². The molecule has 2 nitrogen and oxygen atoms in total. The maximum absolute atomic E-state index is 9.97. The fourth-order valence-electron chi connectivity index (χ4n) is 1.74. The second kappa shape index (κ2) is 5.04. The summed E-state index contributed by atoms with van der Waals surface area (Å²) < 4.78 is 0. The number of likely N-dealkylation sites (tertiary alicyclic amines) is 1. The van der Waals surface area contributed by atoms with Gasteiger partial charge in [-0.2, -0.15) is 0 Å². The average molecular weight is 179 g/mol. The van der Waals surface area contributed by atoms with Crippen LogP contribution in [-0.4, -0.2) is 30.3 Å². The van der Waals surface area contributed by atoms with Crippen molar-refractivity contribution in [2.24, 2.45) is 5.92 Å². The second-order valence-electron chi connectivity index (χ2n) is 3.89. The average Bonchev–Trinajstić information content (AvgIpc) is 2.53. The lowest BCUT2D eigenvalue weighted by Gasteiger charge is -2.19. The van der Waals surface area contributed by atoms with Crippen LogP contribution in [-0.2, 0) is 4.79 Å². The molecule has 1 fully saturated rings. The van der Waals surface area contributed by atoms with Crippen LogP contribution in [0.4, 0.5) is 0 Å². The monoisotopic (exact) mass is 179 g/mol. The number of carbonyl (C=O) groups excluding carboxylic acids is 1. The van der Waals surface area contributed by atoms with Crippen molar-refractivity contribution < 1.29 is 4.79 Å². The third kappa shape index (κ3) is 3.20.